The molecule has 1 atom stereocenters. The topological polar surface area (TPSA) is 105 Å². The lowest BCUT2D eigenvalue weighted by molar-refractivity contribution is 0.191. The Morgan fingerprint density at radius 2 is 1.95 bits per heavy atom. The van der Waals surface area contributed by atoms with Crippen LogP contribution in [0.25, 0.3) is 0 Å². The molecule has 1 heterocycles. The van der Waals surface area contributed by atoms with Gasteiger partial charge in [0.2, 0.25) is 10.0 Å². The van der Waals surface area contributed by atoms with Gasteiger partial charge in [0.05, 0.1) is 6.10 Å². The molecule has 0 saturated carbocycles. The van der Waals surface area contributed by atoms with Crippen LogP contribution in [0.1, 0.15) is 11.7 Å². The van der Waals surface area contributed by atoms with Crippen molar-refractivity contribution < 1.29 is 13.5 Å². The van der Waals surface area contributed by atoms with Gasteiger partial charge in [-0.15, -0.1) is 0 Å². The summed E-state index contributed by atoms with van der Waals surface area (Å²) in [5, 5.41) is 18.5. The maximum Gasteiger partial charge on any atom is 0.241 e. The van der Waals surface area contributed by atoms with E-state index in [4.69, 9.17) is 16.7 Å². The van der Waals surface area contributed by atoms with Crippen molar-refractivity contribution >= 4 is 27.4 Å². The van der Waals surface area contributed by atoms with Crippen LogP contribution < -0.4 is 10.5 Å². The first kappa shape index (κ1) is 15.7. The molecular weight excluding hydrogens is 314 g/mol. The lowest BCUT2D eigenvalue weighted by atomic mass is 10.1. The lowest BCUT2D eigenvalue weighted by Gasteiger charge is -2.14. The van der Waals surface area contributed by atoms with Gasteiger partial charge in [-0.3, -0.25) is 0 Å². The summed E-state index contributed by atoms with van der Waals surface area (Å²) >= 11 is 5.77. The summed E-state index contributed by atoms with van der Waals surface area (Å²) in [6.45, 7) is 0.0845. The van der Waals surface area contributed by atoms with Crippen LogP contribution in [0.3, 0.4) is 0 Å². The van der Waals surface area contributed by atoms with E-state index in [1.807, 2.05) is 0 Å². The number of nitrogens with two attached hydrogens (primary N) is 1. The minimum Gasteiger partial charge on any atom is -0.387 e. The Balaban J connectivity index is 2.12. The monoisotopic (exact) mass is 327 g/mol. The van der Waals surface area contributed by atoms with Gasteiger partial charge in [0.1, 0.15) is 10.7 Å². The predicted octanol–water partition coefficient (Wildman–Crippen LogP) is 1.53. The van der Waals surface area contributed by atoms with Gasteiger partial charge in [0.15, 0.2) is 0 Å². The molecule has 21 heavy (non-hydrogen) atoms. The number of benzene rings is 1. The molecule has 2 aromatic rings. The van der Waals surface area contributed by atoms with Crippen LogP contribution in [-0.2, 0) is 10.0 Å². The molecule has 0 fully saturated rings. The fourth-order valence-corrected chi connectivity index (χ4v) is 2.54. The second-order valence-electron chi connectivity index (χ2n) is 4.34. The summed E-state index contributed by atoms with van der Waals surface area (Å²) in [5.41, 5.74) is 0.653. The number of pyridine rings is 1. The standard InChI is InChI=1S/C13H14ClN3O3S/c14-10-5-3-9(4-6-10)11(18)8-17-13-12(21(15,19)20)2-1-7-16-13/h1-7,11,18H,8H2,(H,16,17)(H2,15,19,20). The van der Waals surface area contributed by atoms with Gasteiger partial charge < -0.3 is 10.4 Å². The predicted molar refractivity (Wildman–Crippen MR) is 80.5 cm³/mol. The van der Waals surface area contributed by atoms with Gasteiger partial charge in [-0.1, -0.05) is 23.7 Å². The zero-order chi connectivity index (χ0) is 15.5. The van der Waals surface area contributed by atoms with E-state index in [-0.39, 0.29) is 17.3 Å². The number of rotatable bonds is 5. The van der Waals surface area contributed by atoms with Crippen molar-refractivity contribution in [2.45, 2.75) is 11.0 Å². The molecule has 0 amide bonds. The number of anilines is 1. The number of aromatic nitrogens is 1. The molecule has 8 heteroatoms. The zero-order valence-electron chi connectivity index (χ0n) is 10.9. The maximum absolute atomic E-state index is 11.4. The van der Waals surface area contributed by atoms with E-state index in [9.17, 15) is 13.5 Å². The number of hydrogen-bond acceptors (Lipinski definition) is 5. The van der Waals surface area contributed by atoms with Gasteiger partial charge in [0, 0.05) is 17.8 Å². The van der Waals surface area contributed by atoms with Gasteiger partial charge in [0.25, 0.3) is 0 Å². The van der Waals surface area contributed by atoms with Crippen molar-refractivity contribution in [1.82, 2.24) is 4.98 Å². The first-order valence-corrected chi connectivity index (χ1v) is 7.95. The summed E-state index contributed by atoms with van der Waals surface area (Å²) in [5.74, 6) is 0.105. The van der Waals surface area contributed by atoms with Crippen LogP contribution in [0.4, 0.5) is 5.82 Å². The number of aliphatic hydroxyl groups is 1. The fourth-order valence-electron chi connectivity index (χ4n) is 1.75. The molecule has 1 aromatic heterocycles. The minimum atomic E-state index is -3.88. The molecule has 0 saturated heterocycles. The average molecular weight is 328 g/mol. The Morgan fingerprint density at radius 1 is 1.29 bits per heavy atom. The van der Waals surface area contributed by atoms with E-state index in [0.29, 0.717) is 10.6 Å². The zero-order valence-corrected chi connectivity index (χ0v) is 12.5. The van der Waals surface area contributed by atoms with Crippen LogP contribution in [0, 0.1) is 0 Å². The molecule has 1 unspecified atom stereocenters. The Bertz CT molecular complexity index is 720. The molecule has 0 aliphatic rings. The lowest BCUT2D eigenvalue weighted by Crippen LogP contribution is -2.18. The quantitative estimate of drug-likeness (QED) is 0.772. The third kappa shape index (κ3) is 4.15. The van der Waals surface area contributed by atoms with Gasteiger partial charge in [-0.2, -0.15) is 0 Å². The molecule has 112 valence electrons. The largest absolute Gasteiger partial charge is 0.387 e. The molecule has 0 radical (unpaired) electrons. The van der Waals surface area contributed by atoms with Crippen LogP contribution in [0.5, 0.6) is 0 Å². The second-order valence-corrected chi connectivity index (χ2v) is 6.31. The van der Waals surface area contributed by atoms with E-state index in [2.05, 4.69) is 10.3 Å². The van der Waals surface area contributed by atoms with Crippen LogP contribution in [-0.4, -0.2) is 25.1 Å². The van der Waals surface area contributed by atoms with Crippen molar-refractivity contribution in [3.63, 3.8) is 0 Å². The molecule has 0 spiro atoms. The highest BCUT2D eigenvalue weighted by Gasteiger charge is 2.15. The molecule has 0 aliphatic heterocycles. The van der Waals surface area contributed by atoms with E-state index in [1.165, 1.54) is 18.3 Å². The summed E-state index contributed by atoms with van der Waals surface area (Å²) in [7, 11) is -3.88. The van der Waals surface area contributed by atoms with Gasteiger partial charge >= 0.3 is 0 Å². The van der Waals surface area contributed by atoms with Crippen LogP contribution >= 0.6 is 11.6 Å². The molecule has 0 aliphatic carbocycles. The summed E-state index contributed by atoms with van der Waals surface area (Å²) in [6.07, 6.45) is 0.601. The van der Waals surface area contributed by atoms with Crippen LogP contribution in [0.2, 0.25) is 5.02 Å². The summed E-state index contributed by atoms with van der Waals surface area (Å²) < 4.78 is 22.9. The summed E-state index contributed by atoms with van der Waals surface area (Å²) in [4.78, 5) is 3.81. The molecule has 2 rings (SSSR count). The number of aliphatic hydroxyl groups excluding tert-OH is 1. The van der Waals surface area contributed by atoms with Crippen molar-refractivity contribution in [3.05, 3.63) is 53.2 Å². The maximum atomic E-state index is 11.4. The highest BCUT2D eigenvalue weighted by Crippen LogP contribution is 2.20. The van der Waals surface area contributed by atoms with E-state index >= 15 is 0 Å². The van der Waals surface area contributed by atoms with Gasteiger partial charge in [-0.05, 0) is 29.8 Å². The molecule has 0 bridgehead atoms. The smallest absolute Gasteiger partial charge is 0.241 e. The van der Waals surface area contributed by atoms with E-state index in [1.54, 1.807) is 24.3 Å². The number of nitrogens with one attached hydrogen (secondary N) is 1. The molecular formula is C13H14ClN3O3S. The third-order valence-corrected chi connectivity index (χ3v) is 3.99. The molecule has 1 aromatic carbocycles. The summed E-state index contributed by atoms with van der Waals surface area (Å²) in [6, 6.07) is 9.52. The fraction of sp³-hybridized carbons (Fsp3) is 0.154. The average Bonchev–Trinajstić information content (AvgIpc) is 2.45. The first-order chi connectivity index (χ1) is 9.88. The SMILES string of the molecule is NS(=O)(=O)c1cccnc1NCC(O)c1ccc(Cl)cc1. The van der Waals surface area contributed by atoms with Crippen molar-refractivity contribution in [2.24, 2.45) is 5.14 Å². The third-order valence-electron chi connectivity index (χ3n) is 2.79. The number of primary sulfonamides is 1. The van der Waals surface area contributed by atoms with Crippen molar-refractivity contribution in [3.8, 4) is 0 Å². The minimum absolute atomic E-state index is 0.0845. The first-order valence-electron chi connectivity index (χ1n) is 6.03. The van der Waals surface area contributed by atoms with Gasteiger partial charge in [-0.25, -0.2) is 18.5 Å². The highest BCUT2D eigenvalue weighted by atomic mass is 35.5. The normalized spacial score (nSPS) is 12.9. The Labute approximate surface area is 127 Å². The molecule has 6 nitrogen and oxygen atoms in total. The second kappa shape index (κ2) is 6.40. The number of sulfonamides is 1. The Hall–Kier alpha value is -1.67. The number of hydrogen-bond donors (Lipinski definition) is 3. The van der Waals surface area contributed by atoms with Crippen LogP contribution in [0.15, 0.2) is 47.5 Å². The van der Waals surface area contributed by atoms with Crippen molar-refractivity contribution in [1.29, 1.82) is 0 Å². The van der Waals surface area contributed by atoms with E-state index in [0.717, 1.165) is 0 Å². The van der Waals surface area contributed by atoms with Crippen molar-refractivity contribution in [2.75, 3.05) is 11.9 Å². The Kier molecular flexibility index (Phi) is 4.79. The Morgan fingerprint density at radius 3 is 2.57 bits per heavy atom. The number of halogens is 1. The highest BCUT2D eigenvalue weighted by molar-refractivity contribution is 7.89. The number of nitrogens with zero attached hydrogens (tertiary/aromatic N) is 1. The molecule has 4 N–H and O–H groups in total. The van der Waals surface area contributed by atoms with E-state index < -0.39 is 16.1 Å².